The molecular formula is C17H30N4O2. The molecule has 0 unspecified atom stereocenters. The van der Waals surface area contributed by atoms with E-state index in [1.165, 1.54) is 5.56 Å². The summed E-state index contributed by atoms with van der Waals surface area (Å²) in [5.41, 5.74) is 1.84. The highest BCUT2D eigenvalue weighted by molar-refractivity contribution is 5.67. The van der Waals surface area contributed by atoms with Crippen LogP contribution in [0.25, 0.3) is 0 Å². The lowest BCUT2D eigenvalue weighted by molar-refractivity contribution is 0.0529. The van der Waals surface area contributed by atoms with Crippen LogP contribution in [0.3, 0.4) is 0 Å². The molecule has 1 aromatic rings. The van der Waals surface area contributed by atoms with Crippen LogP contribution in [0.4, 0.5) is 10.7 Å². The third-order valence-corrected chi connectivity index (χ3v) is 3.27. The van der Waals surface area contributed by atoms with Gasteiger partial charge in [0, 0.05) is 32.0 Å². The summed E-state index contributed by atoms with van der Waals surface area (Å²) in [7, 11) is 1.92. The molecule has 0 radical (unpaired) electrons. The molecule has 0 fully saturated rings. The summed E-state index contributed by atoms with van der Waals surface area (Å²) in [5.74, 6) is 0.691. The number of alkyl carbamates (subject to hydrolysis) is 1. The van der Waals surface area contributed by atoms with Crippen LogP contribution in [0.15, 0.2) is 6.20 Å². The Kier molecular flexibility index (Phi) is 7.26. The first kappa shape index (κ1) is 19.2. The summed E-state index contributed by atoms with van der Waals surface area (Å²) < 4.78 is 5.21. The normalized spacial score (nSPS) is 11.2. The highest BCUT2D eigenvalue weighted by atomic mass is 16.6. The van der Waals surface area contributed by atoms with Gasteiger partial charge in [-0.3, -0.25) is 0 Å². The summed E-state index contributed by atoms with van der Waals surface area (Å²) in [6.07, 6.45) is 4.47. The first-order chi connectivity index (χ1) is 10.8. The van der Waals surface area contributed by atoms with Crippen molar-refractivity contribution in [1.29, 1.82) is 0 Å². The number of aromatic nitrogens is 2. The average Bonchev–Trinajstić information content (AvgIpc) is 2.45. The monoisotopic (exact) mass is 322 g/mol. The van der Waals surface area contributed by atoms with Gasteiger partial charge in [0.15, 0.2) is 0 Å². The van der Waals surface area contributed by atoms with E-state index in [2.05, 4.69) is 29.1 Å². The molecule has 6 nitrogen and oxygen atoms in total. The van der Waals surface area contributed by atoms with Gasteiger partial charge in [0.25, 0.3) is 0 Å². The van der Waals surface area contributed by atoms with E-state index in [1.54, 1.807) is 0 Å². The molecule has 1 rings (SSSR count). The lowest BCUT2D eigenvalue weighted by atomic mass is 10.1. The number of likely N-dealkylation sites (N-methyl/N-ethyl adjacent to an activating group) is 1. The standard InChI is InChI=1S/C17H30N4O2/c1-7-9-14-13(8-2)12-19-15(20-14)21(6)11-10-18-16(22)23-17(3,4)5/h12H,7-11H2,1-6H3,(H,18,22). The molecule has 0 aliphatic rings. The smallest absolute Gasteiger partial charge is 0.407 e. The van der Waals surface area contributed by atoms with Gasteiger partial charge in [-0.2, -0.15) is 0 Å². The van der Waals surface area contributed by atoms with Crippen molar-refractivity contribution in [3.8, 4) is 0 Å². The zero-order chi connectivity index (χ0) is 17.5. The topological polar surface area (TPSA) is 67.4 Å². The predicted molar refractivity (Wildman–Crippen MR) is 92.9 cm³/mol. The number of nitrogens with one attached hydrogen (secondary N) is 1. The van der Waals surface area contributed by atoms with Crippen LogP contribution in [0, 0.1) is 0 Å². The van der Waals surface area contributed by atoms with Crippen LogP contribution in [0.5, 0.6) is 0 Å². The molecule has 6 heteroatoms. The van der Waals surface area contributed by atoms with Crippen molar-refractivity contribution in [3.63, 3.8) is 0 Å². The second kappa shape index (κ2) is 8.70. The number of carbonyl (C=O) groups excluding carboxylic acids is 1. The van der Waals surface area contributed by atoms with E-state index in [0.717, 1.165) is 25.0 Å². The van der Waals surface area contributed by atoms with Crippen molar-refractivity contribution < 1.29 is 9.53 Å². The number of amides is 1. The predicted octanol–water partition coefficient (Wildman–Crippen LogP) is 2.95. The third kappa shape index (κ3) is 6.84. The Bertz CT molecular complexity index is 512. The van der Waals surface area contributed by atoms with Gasteiger partial charge in [-0.25, -0.2) is 14.8 Å². The average molecular weight is 322 g/mol. The van der Waals surface area contributed by atoms with Gasteiger partial charge in [-0.1, -0.05) is 20.3 Å². The molecule has 0 aliphatic heterocycles. The zero-order valence-corrected chi connectivity index (χ0v) is 15.3. The van der Waals surface area contributed by atoms with E-state index in [0.29, 0.717) is 19.0 Å². The molecule has 1 amide bonds. The fraction of sp³-hybridized carbons (Fsp3) is 0.706. The van der Waals surface area contributed by atoms with E-state index >= 15 is 0 Å². The van der Waals surface area contributed by atoms with Crippen LogP contribution in [-0.4, -0.2) is 41.8 Å². The Morgan fingerprint density at radius 1 is 1.35 bits per heavy atom. The van der Waals surface area contributed by atoms with E-state index in [1.807, 2.05) is 38.9 Å². The Morgan fingerprint density at radius 3 is 2.61 bits per heavy atom. The van der Waals surface area contributed by atoms with E-state index in [9.17, 15) is 4.79 Å². The summed E-state index contributed by atoms with van der Waals surface area (Å²) in [4.78, 5) is 22.6. The zero-order valence-electron chi connectivity index (χ0n) is 15.3. The molecule has 1 heterocycles. The van der Waals surface area contributed by atoms with Crippen LogP contribution >= 0.6 is 0 Å². The van der Waals surface area contributed by atoms with E-state index in [4.69, 9.17) is 4.74 Å². The van der Waals surface area contributed by atoms with Gasteiger partial charge >= 0.3 is 6.09 Å². The van der Waals surface area contributed by atoms with Crippen LogP contribution < -0.4 is 10.2 Å². The Hall–Kier alpha value is -1.85. The largest absolute Gasteiger partial charge is 0.444 e. The second-order valence-corrected chi connectivity index (χ2v) is 6.60. The lowest BCUT2D eigenvalue weighted by Crippen LogP contribution is -2.37. The molecule has 23 heavy (non-hydrogen) atoms. The maximum atomic E-state index is 11.6. The molecule has 0 bridgehead atoms. The van der Waals surface area contributed by atoms with Gasteiger partial charge in [0.1, 0.15) is 5.60 Å². The molecule has 0 aromatic carbocycles. The molecule has 0 spiro atoms. The minimum atomic E-state index is -0.482. The highest BCUT2D eigenvalue weighted by Crippen LogP contribution is 2.13. The van der Waals surface area contributed by atoms with Gasteiger partial charge in [-0.05, 0) is 39.2 Å². The summed E-state index contributed by atoms with van der Waals surface area (Å²) in [6.45, 7) is 10.9. The highest BCUT2D eigenvalue weighted by Gasteiger charge is 2.16. The minimum Gasteiger partial charge on any atom is -0.444 e. The van der Waals surface area contributed by atoms with E-state index in [-0.39, 0.29) is 0 Å². The van der Waals surface area contributed by atoms with Crippen molar-refractivity contribution in [1.82, 2.24) is 15.3 Å². The summed E-state index contributed by atoms with van der Waals surface area (Å²) in [6, 6.07) is 0. The lowest BCUT2D eigenvalue weighted by Gasteiger charge is -2.21. The third-order valence-electron chi connectivity index (χ3n) is 3.27. The fourth-order valence-corrected chi connectivity index (χ4v) is 2.10. The van der Waals surface area contributed by atoms with Crippen molar-refractivity contribution in [2.75, 3.05) is 25.0 Å². The van der Waals surface area contributed by atoms with Gasteiger partial charge < -0.3 is 15.0 Å². The van der Waals surface area contributed by atoms with Gasteiger partial charge in [0.05, 0.1) is 0 Å². The minimum absolute atomic E-state index is 0.403. The fourth-order valence-electron chi connectivity index (χ4n) is 2.10. The van der Waals surface area contributed by atoms with Crippen molar-refractivity contribution in [2.45, 2.75) is 59.5 Å². The van der Waals surface area contributed by atoms with Crippen molar-refractivity contribution in [2.24, 2.45) is 0 Å². The molecule has 0 saturated heterocycles. The second-order valence-electron chi connectivity index (χ2n) is 6.60. The maximum absolute atomic E-state index is 11.6. The molecule has 0 aliphatic carbocycles. The van der Waals surface area contributed by atoms with Gasteiger partial charge in [-0.15, -0.1) is 0 Å². The Morgan fingerprint density at radius 2 is 2.04 bits per heavy atom. The molecular weight excluding hydrogens is 292 g/mol. The first-order valence-electron chi connectivity index (χ1n) is 8.29. The first-order valence-corrected chi connectivity index (χ1v) is 8.29. The Labute approximate surface area is 139 Å². The van der Waals surface area contributed by atoms with E-state index < -0.39 is 11.7 Å². The summed E-state index contributed by atoms with van der Waals surface area (Å²) in [5, 5.41) is 2.74. The van der Waals surface area contributed by atoms with Crippen molar-refractivity contribution in [3.05, 3.63) is 17.5 Å². The van der Waals surface area contributed by atoms with Crippen LogP contribution in [0.1, 0.15) is 52.3 Å². The quantitative estimate of drug-likeness (QED) is 0.836. The molecule has 0 atom stereocenters. The molecule has 130 valence electrons. The number of carbonyl (C=O) groups is 1. The molecule has 0 saturated carbocycles. The SMILES string of the molecule is CCCc1nc(N(C)CCNC(=O)OC(C)(C)C)ncc1CC. The number of ether oxygens (including phenoxy) is 1. The Balaban J connectivity index is 2.56. The van der Waals surface area contributed by atoms with Crippen molar-refractivity contribution >= 4 is 12.0 Å². The number of anilines is 1. The summed E-state index contributed by atoms with van der Waals surface area (Å²) >= 11 is 0. The molecule has 1 N–H and O–H groups in total. The molecule has 1 aromatic heterocycles. The number of hydrogen-bond acceptors (Lipinski definition) is 5. The number of aryl methyl sites for hydroxylation is 2. The number of rotatable bonds is 7. The van der Waals surface area contributed by atoms with Crippen LogP contribution in [0.2, 0.25) is 0 Å². The number of nitrogens with zero attached hydrogens (tertiary/aromatic N) is 3. The van der Waals surface area contributed by atoms with Gasteiger partial charge in [0.2, 0.25) is 5.95 Å². The van der Waals surface area contributed by atoms with Crippen LogP contribution in [-0.2, 0) is 17.6 Å². The maximum Gasteiger partial charge on any atom is 0.407 e. The number of hydrogen-bond donors (Lipinski definition) is 1.